The summed E-state index contributed by atoms with van der Waals surface area (Å²) < 4.78 is 57.5. The molecule has 2 amide bonds. The average Bonchev–Trinajstić information content (AvgIpc) is 3.53. The van der Waals surface area contributed by atoms with E-state index in [9.17, 15) is 31.9 Å². The lowest BCUT2D eigenvalue weighted by molar-refractivity contribution is -0.175. The fraction of sp³-hybridized carbons (Fsp3) is 0.364. The topological polar surface area (TPSA) is 97.4 Å². The van der Waals surface area contributed by atoms with Gasteiger partial charge in [0.2, 0.25) is 5.91 Å². The van der Waals surface area contributed by atoms with Crippen LogP contribution in [0.1, 0.15) is 48.8 Å². The van der Waals surface area contributed by atoms with E-state index in [0.717, 1.165) is 6.07 Å². The van der Waals surface area contributed by atoms with Crippen molar-refractivity contribution in [1.82, 2.24) is 15.6 Å². The van der Waals surface area contributed by atoms with Crippen molar-refractivity contribution < 1.29 is 36.7 Å². The summed E-state index contributed by atoms with van der Waals surface area (Å²) in [5.74, 6) is -4.61. The van der Waals surface area contributed by atoms with Crippen LogP contribution in [0.5, 0.6) is 0 Å². The van der Waals surface area contributed by atoms with Crippen molar-refractivity contribution in [3.8, 4) is 11.1 Å². The molecule has 0 saturated heterocycles. The summed E-state index contributed by atoms with van der Waals surface area (Å²) in [6.45, 7) is 3.13. The van der Waals surface area contributed by atoms with Gasteiger partial charge in [-0.25, -0.2) is 9.18 Å². The Morgan fingerprint density at radius 3 is 2.50 bits per heavy atom. The van der Waals surface area contributed by atoms with Gasteiger partial charge in [0.05, 0.1) is 28.9 Å². The second kappa shape index (κ2) is 9.57. The Labute approximate surface area is 196 Å². The Balaban J connectivity index is 1.80. The van der Waals surface area contributed by atoms with Gasteiger partial charge >= 0.3 is 18.1 Å². The van der Waals surface area contributed by atoms with E-state index >= 15 is 0 Å². The molecule has 1 aromatic carbocycles. The van der Waals surface area contributed by atoms with E-state index in [0.29, 0.717) is 0 Å². The normalized spacial score (nSPS) is 15.3. The van der Waals surface area contributed by atoms with Crippen LogP contribution >= 0.6 is 11.6 Å². The molecule has 1 saturated carbocycles. The van der Waals surface area contributed by atoms with Crippen molar-refractivity contribution in [2.24, 2.45) is 0 Å². The third-order valence-corrected chi connectivity index (χ3v) is 5.54. The van der Waals surface area contributed by atoms with E-state index in [2.05, 4.69) is 10.3 Å². The number of amides is 2. The van der Waals surface area contributed by atoms with Gasteiger partial charge in [0, 0.05) is 11.8 Å². The predicted octanol–water partition coefficient (Wildman–Crippen LogP) is 4.11. The van der Waals surface area contributed by atoms with Crippen LogP contribution in [0.25, 0.3) is 11.1 Å². The Kier molecular flexibility index (Phi) is 7.15. The largest absolute Gasteiger partial charge is 0.471 e. The highest BCUT2D eigenvalue weighted by Crippen LogP contribution is 2.37. The molecule has 7 nitrogen and oxygen atoms in total. The molecule has 1 aliphatic rings. The summed E-state index contributed by atoms with van der Waals surface area (Å²) in [4.78, 5) is 40.0. The minimum Gasteiger partial charge on any atom is -0.462 e. The molecular weight excluding hydrogens is 482 g/mol. The molecule has 2 N–H and O–H groups in total. The van der Waals surface area contributed by atoms with E-state index in [1.54, 1.807) is 24.4 Å². The molecule has 2 aromatic rings. The standard InChI is InChI=1S/C22H20ClF4N3O4/c1-3-34-18(31)16-13(5-4-6-14(16)23)12-9-15(24)17(28-10-12)11(2)29-19(32)21(7-8-21)30-20(33)22(25,26)27/h4-6,9-11H,3,7-8H2,1-2H3,(H,29,32)(H,30,33)/t11-/m1/s1. The number of halogens is 5. The average molecular weight is 502 g/mol. The van der Waals surface area contributed by atoms with Gasteiger partial charge in [-0.1, -0.05) is 23.7 Å². The molecule has 1 fully saturated rings. The van der Waals surface area contributed by atoms with Crippen molar-refractivity contribution in [2.75, 3.05) is 6.61 Å². The number of ether oxygens (including phenoxy) is 1. The number of benzene rings is 1. The van der Waals surface area contributed by atoms with Crippen LogP contribution in [-0.2, 0) is 14.3 Å². The first kappa shape index (κ1) is 25.4. The maximum absolute atomic E-state index is 14.9. The highest BCUT2D eigenvalue weighted by atomic mass is 35.5. The molecule has 1 aliphatic carbocycles. The summed E-state index contributed by atoms with van der Waals surface area (Å²) in [5.41, 5.74) is -1.33. The zero-order valence-corrected chi connectivity index (χ0v) is 18.8. The molecule has 0 unspecified atom stereocenters. The van der Waals surface area contributed by atoms with E-state index in [-0.39, 0.29) is 46.9 Å². The van der Waals surface area contributed by atoms with Crippen LogP contribution in [0.15, 0.2) is 30.5 Å². The summed E-state index contributed by atoms with van der Waals surface area (Å²) in [6, 6.07) is 4.67. The number of esters is 1. The number of rotatable bonds is 7. The van der Waals surface area contributed by atoms with Gasteiger partial charge in [-0.05, 0) is 44.4 Å². The summed E-state index contributed by atoms with van der Waals surface area (Å²) in [7, 11) is 0. The molecule has 34 heavy (non-hydrogen) atoms. The van der Waals surface area contributed by atoms with E-state index in [1.165, 1.54) is 19.2 Å². The zero-order valence-electron chi connectivity index (χ0n) is 18.1. The van der Waals surface area contributed by atoms with Gasteiger partial charge in [0.1, 0.15) is 11.4 Å². The van der Waals surface area contributed by atoms with Crippen LogP contribution in [-0.4, -0.2) is 41.1 Å². The molecule has 0 spiro atoms. The Morgan fingerprint density at radius 2 is 1.94 bits per heavy atom. The Hall–Kier alpha value is -3.21. The molecule has 3 rings (SSSR count). The molecule has 1 heterocycles. The summed E-state index contributed by atoms with van der Waals surface area (Å²) in [5, 5.41) is 4.20. The minimum absolute atomic E-state index is 0.0215. The van der Waals surface area contributed by atoms with Crippen molar-refractivity contribution in [3.63, 3.8) is 0 Å². The number of pyridine rings is 1. The molecule has 0 aliphatic heterocycles. The first-order valence-electron chi connectivity index (χ1n) is 10.2. The molecular formula is C22H20ClF4N3O4. The Bertz CT molecular complexity index is 1140. The highest BCUT2D eigenvalue weighted by Gasteiger charge is 2.55. The lowest BCUT2D eigenvalue weighted by Crippen LogP contribution is -2.53. The van der Waals surface area contributed by atoms with Crippen LogP contribution in [0.2, 0.25) is 5.02 Å². The van der Waals surface area contributed by atoms with Gasteiger partial charge in [-0.3, -0.25) is 14.6 Å². The lowest BCUT2D eigenvalue weighted by atomic mass is 10.00. The number of aromatic nitrogens is 1. The fourth-order valence-corrected chi connectivity index (χ4v) is 3.57. The number of nitrogens with zero attached hydrogens (tertiary/aromatic N) is 1. The first-order chi connectivity index (χ1) is 15.9. The van der Waals surface area contributed by atoms with Gasteiger partial charge in [-0.15, -0.1) is 0 Å². The zero-order chi connectivity index (χ0) is 25.3. The highest BCUT2D eigenvalue weighted by molar-refractivity contribution is 6.34. The number of alkyl halides is 3. The second-order valence-electron chi connectivity index (χ2n) is 7.70. The van der Waals surface area contributed by atoms with E-state index in [4.69, 9.17) is 16.3 Å². The van der Waals surface area contributed by atoms with Gasteiger partial charge in [-0.2, -0.15) is 13.2 Å². The number of carbonyl (C=O) groups excluding carboxylic acids is 3. The maximum atomic E-state index is 14.9. The molecule has 0 bridgehead atoms. The molecule has 1 atom stereocenters. The maximum Gasteiger partial charge on any atom is 0.471 e. The van der Waals surface area contributed by atoms with Crippen LogP contribution in [0.4, 0.5) is 17.6 Å². The molecule has 0 radical (unpaired) electrons. The predicted molar refractivity (Wildman–Crippen MR) is 113 cm³/mol. The van der Waals surface area contributed by atoms with Crippen LogP contribution < -0.4 is 10.6 Å². The van der Waals surface area contributed by atoms with Crippen molar-refractivity contribution >= 4 is 29.4 Å². The second-order valence-corrected chi connectivity index (χ2v) is 8.11. The minimum atomic E-state index is -5.13. The van der Waals surface area contributed by atoms with Crippen molar-refractivity contribution in [1.29, 1.82) is 0 Å². The monoisotopic (exact) mass is 501 g/mol. The Morgan fingerprint density at radius 1 is 1.26 bits per heavy atom. The smallest absolute Gasteiger partial charge is 0.462 e. The van der Waals surface area contributed by atoms with Gasteiger partial charge in [0.15, 0.2) is 0 Å². The fourth-order valence-electron chi connectivity index (χ4n) is 3.32. The van der Waals surface area contributed by atoms with Crippen molar-refractivity contribution in [2.45, 2.75) is 44.4 Å². The number of hydrogen-bond donors (Lipinski definition) is 2. The molecule has 1 aromatic heterocycles. The van der Waals surface area contributed by atoms with Gasteiger partial charge in [0.25, 0.3) is 0 Å². The molecule has 12 heteroatoms. The van der Waals surface area contributed by atoms with Gasteiger partial charge < -0.3 is 15.4 Å². The number of hydrogen-bond acceptors (Lipinski definition) is 5. The quantitative estimate of drug-likeness (QED) is 0.440. The first-order valence-corrected chi connectivity index (χ1v) is 10.6. The summed E-state index contributed by atoms with van der Waals surface area (Å²) in [6.07, 6.45) is -3.82. The third kappa shape index (κ3) is 5.30. The van der Waals surface area contributed by atoms with Crippen molar-refractivity contribution in [3.05, 3.63) is 52.6 Å². The number of nitrogens with one attached hydrogen (secondary N) is 2. The van der Waals surface area contributed by atoms with Crippen LogP contribution in [0, 0.1) is 5.82 Å². The van der Waals surface area contributed by atoms with Crippen LogP contribution in [0.3, 0.4) is 0 Å². The SMILES string of the molecule is CCOC(=O)c1c(Cl)cccc1-c1cnc([C@@H](C)NC(=O)C2(NC(=O)C(F)(F)F)CC2)c(F)c1. The summed E-state index contributed by atoms with van der Waals surface area (Å²) >= 11 is 6.14. The van der Waals surface area contributed by atoms with E-state index in [1.807, 2.05) is 0 Å². The third-order valence-electron chi connectivity index (χ3n) is 5.23. The van der Waals surface area contributed by atoms with E-state index < -0.39 is 41.4 Å². The number of carbonyl (C=O) groups is 3. The molecule has 182 valence electrons. The lowest BCUT2D eigenvalue weighted by Gasteiger charge is -2.21.